The monoisotopic (exact) mass is 627 g/mol. The third kappa shape index (κ3) is 8.17. The zero-order chi connectivity index (χ0) is 33.4. The van der Waals surface area contributed by atoms with Crippen LogP contribution >= 0.6 is 0 Å². The van der Waals surface area contributed by atoms with Gasteiger partial charge in [-0.05, 0) is 96.9 Å². The molecule has 1 amide bonds. The van der Waals surface area contributed by atoms with Crippen LogP contribution in [-0.4, -0.2) is 53.1 Å². The van der Waals surface area contributed by atoms with Crippen LogP contribution in [0.4, 0.5) is 10.7 Å². The standard InChI is InChI=1S/C21H27NO5.C15H18N4/c1-5-26-20(24)27-18-17(16-12-13(2)6-7-14(16)3)19(23)22-21(18)10-8-15(25-4)9-11-21;1-10-7-5-6-8-14(10)13(4)18-19-15-16-11(2)9-12(3)17-15/h6-7,12,15H,5,8-11H2,1-4H3,(H,22,23);5-9H,1-4H3,(H,16,17,19)/b;18-13-. The molecule has 244 valence electrons. The van der Waals surface area contributed by atoms with Gasteiger partial charge in [0.15, 0.2) is 0 Å². The molecule has 10 heteroatoms. The summed E-state index contributed by atoms with van der Waals surface area (Å²) >= 11 is 0. The highest BCUT2D eigenvalue weighted by Crippen LogP contribution is 2.44. The second-order valence-electron chi connectivity index (χ2n) is 11.9. The number of carbonyl (C=O) groups is 2. The Kier molecular flexibility index (Phi) is 11.3. The number of aryl methyl sites for hydroxylation is 5. The molecular formula is C36H45N5O5. The Morgan fingerprint density at radius 1 is 1.00 bits per heavy atom. The molecule has 2 heterocycles. The minimum absolute atomic E-state index is 0.154. The van der Waals surface area contributed by atoms with Gasteiger partial charge in [-0.1, -0.05) is 48.0 Å². The van der Waals surface area contributed by atoms with E-state index in [4.69, 9.17) is 14.2 Å². The molecule has 0 bridgehead atoms. The first-order valence-electron chi connectivity index (χ1n) is 15.7. The molecule has 1 saturated carbocycles. The molecule has 0 unspecified atom stereocenters. The number of methoxy groups -OCH3 is 1. The van der Waals surface area contributed by atoms with Gasteiger partial charge in [0.05, 0.1) is 29.5 Å². The van der Waals surface area contributed by atoms with E-state index >= 15 is 0 Å². The summed E-state index contributed by atoms with van der Waals surface area (Å²) in [5.74, 6) is 0.707. The van der Waals surface area contributed by atoms with Crippen molar-refractivity contribution in [3.63, 3.8) is 0 Å². The van der Waals surface area contributed by atoms with E-state index in [1.54, 1.807) is 14.0 Å². The van der Waals surface area contributed by atoms with Crippen molar-refractivity contribution in [1.82, 2.24) is 15.3 Å². The van der Waals surface area contributed by atoms with Crippen LogP contribution in [0.3, 0.4) is 0 Å². The van der Waals surface area contributed by atoms with Crippen molar-refractivity contribution in [1.29, 1.82) is 0 Å². The summed E-state index contributed by atoms with van der Waals surface area (Å²) in [6.07, 6.45) is 2.25. The van der Waals surface area contributed by atoms with E-state index in [1.807, 2.05) is 71.0 Å². The summed E-state index contributed by atoms with van der Waals surface area (Å²) in [7, 11) is 1.70. The summed E-state index contributed by atoms with van der Waals surface area (Å²) in [4.78, 5) is 33.7. The lowest BCUT2D eigenvalue weighted by atomic mass is 9.79. The quantitative estimate of drug-likeness (QED) is 0.165. The Morgan fingerprint density at radius 3 is 2.30 bits per heavy atom. The Balaban J connectivity index is 0.000000222. The van der Waals surface area contributed by atoms with E-state index in [1.165, 1.54) is 5.56 Å². The Labute approximate surface area is 271 Å². The first-order valence-corrected chi connectivity index (χ1v) is 15.7. The van der Waals surface area contributed by atoms with Crippen LogP contribution in [0.1, 0.15) is 78.7 Å². The fourth-order valence-electron chi connectivity index (χ4n) is 5.93. The van der Waals surface area contributed by atoms with Gasteiger partial charge < -0.3 is 19.5 Å². The second kappa shape index (κ2) is 15.1. The van der Waals surface area contributed by atoms with Gasteiger partial charge in [0.1, 0.15) is 5.76 Å². The number of hydrogen-bond donors (Lipinski definition) is 2. The lowest BCUT2D eigenvalue weighted by molar-refractivity contribution is -0.116. The average molecular weight is 628 g/mol. The number of hydrogen-bond acceptors (Lipinski definition) is 9. The predicted molar refractivity (Wildman–Crippen MR) is 180 cm³/mol. The van der Waals surface area contributed by atoms with Gasteiger partial charge >= 0.3 is 6.16 Å². The summed E-state index contributed by atoms with van der Waals surface area (Å²) < 4.78 is 16.1. The van der Waals surface area contributed by atoms with E-state index in [2.05, 4.69) is 44.9 Å². The van der Waals surface area contributed by atoms with Crippen molar-refractivity contribution in [3.05, 3.63) is 93.5 Å². The van der Waals surface area contributed by atoms with Gasteiger partial charge in [-0.3, -0.25) is 4.79 Å². The molecule has 1 spiro atoms. The maximum Gasteiger partial charge on any atom is 0.513 e. The summed E-state index contributed by atoms with van der Waals surface area (Å²) in [6, 6.07) is 16.0. The molecule has 1 aliphatic heterocycles. The average Bonchev–Trinajstić information content (AvgIpc) is 3.27. The number of ether oxygens (including phenoxy) is 3. The van der Waals surface area contributed by atoms with Gasteiger partial charge in [-0.25, -0.2) is 20.2 Å². The third-order valence-corrected chi connectivity index (χ3v) is 8.31. The number of carbonyl (C=O) groups excluding carboxylic acids is 2. The van der Waals surface area contributed by atoms with Crippen LogP contribution in [0.5, 0.6) is 0 Å². The molecule has 0 atom stereocenters. The predicted octanol–water partition coefficient (Wildman–Crippen LogP) is 6.88. The number of rotatable bonds is 7. The van der Waals surface area contributed by atoms with E-state index in [0.717, 1.165) is 52.2 Å². The molecule has 2 aliphatic rings. The minimum atomic E-state index is -0.778. The molecule has 0 saturated heterocycles. The molecular weight excluding hydrogens is 582 g/mol. The van der Waals surface area contributed by atoms with Gasteiger partial charge in [-0.2, -0.15) is 5.10 Å². The van der Waals surface area contributed by atoms with Gasteiger partial charge in [0.25, 0.3) is 5.91 Å². The smallest absolute Gasteiger partial charge is 0.434 e. The Bertz CT molecular complexity index is 1620. The Morgan fingerprint density at radius 2 is 1.67 bits per heavy atom. The zero-order valence-electron chi connectivity index (χ0n) is 28.1. The maximum atomic E-state index is 13.0. The lowest BCUT2D eigenvalue weighted by Gasteiger charge is -2.37. The number of aromatic nitrogens is 2. The molecule has 0 radical (unpaired) electrons. The highest BCUT2D eigenvalue weighted by molar-refractivity contribution is 6.24. The highest BCUT2D eigenvalue weighted by Gasteiger charge is 2.50. The lowest BCUT2D eigenvalue weighted by Crippen LogP contribution is -2.49. The largest absolute Gasteiger partial charge is 0.513 e. The topological polar surface area (TPSA) is 124 Å². The number of nitrogens with one attached hydrogen (secondary N) is 2. The molecule has 3 aromatic rings. The molecule has 1 aromatic heterocycles. The van der Waals surface area contributed by atoms with Crippen LogP contribution in [0.25, 0.3) is 5.57 Å². The van der Waals surface area contributed by atoms with Crippen LogP contribution in [0, 0.1) is 34.6 Å². The summed E-state index contributed by atoms with van der Waals surface area (Å²) in [5.41, 5.74) is 10.5. The van der Waals surface area contributed by atoms with Crippen LogP contribution in [-0.2, 0) is 19.0 Å². The van der Waals surface area contributed by atoms with Crippen molar-refractivity contribution in [2.24, 2.45) is 5.10 Å². The molecule has 2 N–H and O–H groups in total. The van der Waals surface area contributed by atoms with E-state index in [0.29, 0.717) is 30.1 Å². The number of nitrogens with zero attached hydrogens (tertiary/aromatic N) is 3. The number of benzene rings is 2. The van der Waals surface area contributed by atoms with Crippen LogP contribution in [0.2, 0.25) is 0 Å². The Hall–Kier alpha value is -4.57. The second-order valence-corrected chi connectivity index (χ2v) is 11.9. The maximum absolute atomic E-state index is 13.0. The van der Waals surface area contributed by atoms with E-state index < -0.39 is 11.7 Å². The van der Waals surface area contributed by atoms with Crippen LogP contribution in [0.15, 0.2) is 59.4 Å². The molecule has 46 heavy (non-hydrogen) atoms. The van der Waals surface area contributed by atoms with Gasteiger partial charge in [0, 0.05) is 24.1 Å². The fraction of sp³-hybridized carbons (Fsp3) is 0.417. The van der Waals surface area contributed by atoms with Crippen molar-refractivity contribution in [2.75, 3.05) is 19.1 Å². The molecule has 1 fully saturated rings. The minimum Gasteiger partial charge on any atom is -0.434 e. The number of hydrazone groups is 1. The van der Waals surface area contributed by atoms with Crippen molar-refractivity contribution < 1.29 is 23.8 Å². The van der Waals surface area contributed by atoms with Crippen molar-refractivity contribution in [2.45, 2.75) is 85.8 Å². The number of amides is 1. The van der Waals surface area contributed by atoms with Crippen LogP contribution < -0.4 is 10.7 Å². The summed E-state index contributed by atoms with van der Waals surface area (Å²) in [5, 5.41) is 7.45. The SMILES string of the molecule is C/C(=N/Nc1nc(C)cc(C)n1)c1ccccc1C.CCOC(=O)OC1=C(c2cc(C)ccc2C)C(=O)NC12CCC(OC)CC2. The van der Waals surface area contributed by atoms with Gasteiger partial charge in [-0.15, -0.1) is 0 Å². The van der Waals surface area contributed by atoms with Crippen molar-refractivity contribution in [3.8, 4) is 0 Å². The first-order chi connectivity index (χ1) is 22.0. The molecule has 1 aliphatic carbocycles. The number of anilines is 1. The molecule has 5 rings (SSSR count). The van der Waals surface area contributed by atoms with E-state index in [-0.39, 0.29) is 18.6 Å². The first kappa shape index (κ1) is 34.3. The normalized spacial score (nSPS) is 19.3. The molecule has 10 nitrogen and oxygen atoms in total. The van der Waals surface area contributed by atoms with Crippen molar-refractivity contribution >= 4 is 29.3 Å². The highest BCUT2D eigenvalue weighted by atomic mass is 16.7. The molecule has 2 aromatic carbocycles. The van der Waals surface area contributed by atoms with Gasteiger partial charge in [0.2, 0.25) is 5.95 Å². The van der Waals surface area contributed by atoms with E-state index in [9.17, 15) is 9.59 Å². The third-order valence-electron chi connectivity index (χ3n) is 8.31. The summed E-state index contributed by atoms with van der Waals surface area (Å²) in [6.45, 7) is 13.8. The zero-order valence-corrected chi connectivity index (χ0v) is 28.1. The fourth-order valence-corrected chi connectivity index (χ4v) is 5.93.